The molecule has 1 heterocycles. The summed E-state index contributed by atoms with van der Waals surface area (Å²) < 4.78 is 0. The number of nitrogens with zero attached hydrogens (tertiary/aromatic N) is 1. The molecule has 1 aliphatic rings. The van der Waals surface area contributed by atoms with Crippen LogP contribution in [0.25, 0.3) is 0 Å². The van der Waals surface area contributed by atoms with Gasteiger partial charge in [-0.2, -0.15) is 0 Å². The smallest absolute Gasteiger partial charge is 0.253 e. The molecule has 1 saturated heterocycles. The van der Waals surface area contributed by atoms with E-state index in [0.717, 1.165) is 12.8 Å². The molecule has 2 amide bonds. The summed E-state index contributed by atoms with van der Waals surface area (Å²) in [6.07, 6.45) is 1.84. The average molecular weight is 372 g/mol. The molecule has 0 saturated carbocycles. The van der Waals surface area contributed by atoms with Gasteiger partial charge in [0.1, 0.15) is 6.04 Å². The molecule has 7 heteroatoms. The number of hydrogen-bond donors (Lipinski definition) is 2. The molecule has 132 valence electrons. The lowest BCUT2D eigenvalue weighted by Gasteiger charge is -2.39. The predicted molar refractivity (Wildman–Crippen MR) is 96.3 cm³/mol. The monoisotopic (exact) mass is 371 g/mol. The Kier molecular flexibility index (Phi) is 6.49. The highest BCUT2D eigenvalue weighted by atomic mass is 35.5. The molecule has 3 atom stereocenters. The third-order valence-electron chi connectivity index (χ3n) is 4.45. The van der Waals surface area contributed by atoms with E-state index < -0.39 is 11.9 Å². The van der Waals surface area contributed by atoms with Gasteiger partial charge in [0.2, 0.25) is 5.91 Å². The van der Waals surface area contributed by atoms with Crippen molar-refractivity contribution in [3.8, 4) is 0 Å². The zero-order chi connectivity index (χ0) is 17.9. The van der Waals surface area contributed by atoms with Crippen LogP contribution in [-0.2, 0) is 4.79 Å². The second-order valence-corrected chi connectivity index (χ2v) is 7.13. The molecule has 1 aromatic carbocycles. The molecule has 24 heavy (non-hydrogen) atoms. The van der Waals surface area contributed by atoms with Crippen molar-refractivity contribution in [2.45, 2.75) is 38.8 Å². The van der Waals surface area contributed by atoms with Crippen molar-refractivity contribution in [3.05, 3.63) is 33.8 Å². The van der Waals surface area contributed by atoms with Crippen LogP contribution in [0, 0.1) is 5.92 Å². The van der Waals surface area contributed by atoms with Crippen LogP contribution in [0.1, 0.15) is 37.0 Å². The average Bonchev–Trinajstić information content (AvgIpc) is 2.56. The highest BCUT2D eigenvalue weighted by Crippen LogP contribution is 2.26. The van der Waals surface area contributed by atoms with Gasteiger partial charge in [0.25, 0.3) is 5.91 Å². The van der Waals surface area contributed by atoms with Gasteiger partial charge in [-0.25, -0.2) is 0 Å². The third-order valence-corrected chi connectivity index (χ3v) is 5.27. The minimum atomic E-state index is -0.657. The van der Waals surface area contributed by atoms with Gasteiger partial charge in [-0.3, -0.25) is 9.59 Å². The van der Waals surface area contributed by atoms with Crippen LogP contribution in [0.4, 0.5) is 0 Å². The highest BCUT2D eigenvalue weighted by molar-refractivity contribution is 6.43. The molecule has 0 aliphatic carbocycles. The van der Waals surface area contributed by atoms with Crippen LogP contribution in [0.15, 0.2) is 18.2 Å². The summed E-state index contributed by atoms with van der Waals surface area (Å²) in [4.78, 5) is 26.8. The summed E-state index contributed by atoms with van der Waals surface area (Å²) in [7, 11) is 0. The number of amides is 2. The van der Waals surface area contributed by atoms with E-state index in [1.165, 1.54) is 0 Å². The summed E-state index contributed by atoms with van der Waals surface area (Å²) in [5.74, 6) is 0.0136. The van der Waals surface area contributed by atoms with Gasteiger partial charge in [-0.05, 0) is 37.8 Å². The fourth-order valence-corrected chi connectivity index (χ4v) is 3.42. The maximum atomic E-state index is 12.7. The molecule has 1 aliphatic heterocycles. The van der Waals surface area contributed by atoms with Gasteiger partial charge in [-0.1, -0.05) is 36.2 Å². The van der Waals surface area contributed by atoms with Crippen LogP contribution in [0.2, 0.25) is 10.0 Å². The lowest BCUT2D eigenvalue weighted by atomic mass is 9.92. The van der Waals surface area contributed by atoms with Crippen molar-refractivity contribution in [1.82, 2.24) is 10.2 Å². The summed E-state index contributed by atoms with van der Waals surface area (Å²) in [6, 6.07) is 4.19. The van der Waals surface area contributed by atoms with Crippen LogP contribution < -0.4 is 11.1 Å². The molecule has 0 radical (unpaired) electrons. The first-order chi connectivity index (χ1) is 11.3. The molecule has 2 rings (SSSR count). The van der Waals surface area contributed by atoms with E-state index in [-0.39, 0.29) is 22.5 Å². The van der Waals surface area contributed by atoms with Crippen molar-refractivity contribution in [2.75, 3.05) is 13.1 Å². The van der Waals surface area contributed by atoms with E-state index in [1.54, 1.807) is 30.0 Å². The Balaban J connectivity index is 2.05. The van der Waals surface area contributed by atoms with Gasteiger partial charge >= 0.3 is 0 Å². The number of carbonyl (C=O) groups is 2. The van der Waals surface area contributed by atoms with Gasteiger partial charge in [0.05, 0.1) is 15.6 Å². The van der Waals surface area contributed by atoms with Crippen molar-refractivity contribution >= 4 is 35.0 Å². The maximum Gasteiger partial charge on any atom is 0.253 e. The van der Waals surface area contributed by atoms with E-state index >= 15 is 0 Å². The summed E-state index contributed by atoms with van der Waals surface area (Å²) in [5, 5.41) is 3.19. The summed E-state index contributed by atoms with van der Waals surface area (Å²) in [6.45, 7) is 4.93. The Morgan fingerprint density at radius 2 is 2.12 bits per heavy atom. The fraction of sp³-hybridized carbons (Fsp3) is 0.529. The zero-order valence-corrected chi connectivity index (χ0v) is 15.4. The van der Waals surface area contributed by atoms with Gasteiger partial charge in [-0.15, -0.1) is 0 Å². The molecular formula is C17H23Cl2N3O2. The molecule has 0 bridgehead atoms. The Morgan fingerprint density at radius 1 is 1.42 bits per heavy atom. The number of nitrogens with two attached hydrogens (primary N) is 1. The Bertz CT molecular complexity index is 624. The topological polar surface area (TPSA) is 75.4 Å². The van der Waals surface area contributed by atoms with Gasteiger partial charge in [0.15, 0.2) is 0 Å². The molecule has 1 aromatic rings. The first kappa shape index (κ1) is 19.0. The van der Waals surface area contributed by atoms with Crippen molar-refractivity contribution in [3.63, 3.8) is 0 Å². The first-order valence-corrected chi connectivity index (χ1v) is 8.86. The van der Waals surface area contributed by atoms with E-state index in [0.29, 0.717) is 24.0 Å². The number of hydrogen-bond acceptors (Lipinski definition) is 3. The molecule has 0 spiro atoms. The van der Waals surface area contributed by atoms with Crippen LogP contribution in [0.3, 0.4) is 0 Å². The zero-order valence-electron chi connectivity index (χ0n) is 13.9. The first-order valence-electron chi connectivity index (χ1n) is 8.10. The van der Waals surface area contributed by atoms with Crippen molar-refractivity contribution in [1.29, 1.82) is 0 Å². The second-order valence-electron chi connectivity index (χ2n) is 6.35. The maximum absolute atomic E-state index is 12.7. The molecule has 5 nitrogen and oxygen atoms in total. The Labute approximate surface area is 152 Å². The minimum Gasteiger partial charge on any atom is -0.340 e. The number of rotatable bonds is 4. The highest BCUT2D eigenvalue weighted by Gasteiger charge is 2.32. The van der Waals surface area contributed by atoms with Crippen LogP contribution in [-0.4, -0.2) is 41.9 Å². The minimum absolute atomic E-state index is 0.0235. The molecule has 1 fully saturated rings. The van der Waals surface area contributed by atoms with E-state index in [1.807, 2.05) is 0 Å². The van der Waals surface area contributed by atoms with Crippen molar-refractivity contribution < 1.29 is 9.59 Å². The number of piperidine rings is 1. The summed E-state index contributed by atoms with van der Waals surface area (Å²) >= 11 is 12.0. The number of benzene rings is 1. The third kappa shape index (κ3) is 4.21. The van der Waals surface area contributed by atoms with E-state index in [9.17, 15) is 9.59 Å². The molecular weight excluding hydrogens is 349 g/mol. The molecule has 3 unspecified atom stereocenters. The predicted octanol–water partition coefficient (Wildman–Crippen LogP) is 2.70. The second kappa shape index (κ2) is 8.19. The quantitative estimate of drug-likeness (QED) is 0.853. The number of halogens is 2. The Morgan fingerprint density at radius 3 is 2.79 bits per heavy atom. The summed E-state index contributed by atoms with van der Waals surface area (Å²) in [5.41, 5.74) is 6.07. The normalized spacial score (nSPS) is 22.1. The number of likely N-dealkylation sites (tertiary alicyclic amines) is 1. The van der Waals surface area contributed by atoms with Gasteiger partial charge < -0.3 is 16.0 Å². The Hall–Kier alpha value is -1.30. The largest absolute Gasteiger partial charge is 0.340 e. The van der Waals surface area contributed by atoms with Crippen LogP contribution >= 0.6 is 23.2 Å². The van der Waals surface area contributed by atoms with Crippen molar-refractivity contribution in [2.24, 2.45) is 11.7 Å². The number of nitrogens with one attached hydrogen (secondary N) is 1. The van der Waals surface area contributed by atoms with E-state index in [4.69, 9.17) is 28.9 Å². The SMILES string of the molecule is CC1CCN(C(=O)C(C)NC(=O)c2cccc(Cl)c2Cl)C(CN)C1. The van der Waals surface area contributed by atoms with Gasteiger partial charge in [0, 0.05) is 19.1 Å². The number of carbonyl (C=O) groups excluding carboxylic acids is 2. The van der Waals surface area contributed by atoms with Crippen LogP contribution in [0.5, 0.6) is 0 Å². The lowest BCUT2D eigenvalue weighted by molar-refractivity contribution is -0.136. The fourth-order valence-electron chi connectivity index (χ4n) is 3.03. The standard InChI is InChI=1S/C17H23Cl2N3O2/c1-10-6-7-22(12(8-10)9-20)17(24)11(2)21-16(23)13-4-3-5-14(18)15(13)19/h3-5,10-12H,6-9,20H2,1-2H3,(H,21,23). The van der Waals surface area contributed by atoms with E-state index in [2.05, 4.69) is 12.2 Å². The molecule has 3 N–H and O–H groups in total. The lowest BCUT2D eigenvalue weighted by Crippen LogP contribution is -2.55. The molecule has 0 aromatic heterocycles.